The summed E-state index contributed by atoms with van der Waals surface area (Å²) in [6, 6.07) is 6.38. The van der Waals surface area contributed by atoms with Crippen molar-refractivity contribution in [1.82, 2.24) is 9.80 Å². The van der Waals surface area contributed by atoms with E-state index in [1.165, 1.54) is 11.1 Å². The summed E-state index contributed by atoms with van der Waals surface area (Å²) >= 11 is 0. The molecule has 0 spiro atoms. The van der Waals surface area contributed by atoms with Crippen molar-refractivity contribution < 1.29 is 14.3 Å². The third kappa shape index (κ3) is 4.65. The molecule has 0 aliphatic carbocycles. The van der Waals surface area contributed by atoms with Crippen LogP contribution in [0.2, 0.25) is 0 Å². The van der Waals surface area contributed by atoms with Crippen LogP contribution in [0.1, 0.15) is 30.4 Å². The summed E-state index contributed by atoms with van der Waals surface area (Å²) in [5.41, 5.74) is 2.45. The van der Waals surface area contributed by atoms with Gasteiger partial charge in [-0.05, 0) is 42.9 Å². The number of methoxy groups -OCH3 is 1. The van der Waals surface area contributed by atoms with Crippen molar-refractivity contribution in [3.05, 3.63) is 42.0 Å². The van der Waals surface area contributed by atoms with Crippen LogP contribution in [0.5, 0.6) is 5.75 Å². The van der Waals surface area contributed by atoms with E-state index in [0.717, 1.165) is 70.8 Å². The number of benzene rings is 1. The Kier molecular flexibility index (Phi) is 6.69. The molecule has 2 aliphatic rings. The largest absolute Gasteiger partial charge is 0.496 e. The molecule has 2 aliphatic heterocycles. The van der Waals surface area contributed by atoms with Crippen molar-refractivity contribution in [2.75, 3.05) is 39.9 Å². The van der Waals surface area contributed by atoms with Crippen molar-refractivity contribution in [2.24, 2.45) is 0 Å². The summed E-state index contributed by atoms with van der Waals surface area (Å²) in [5.74, 6) is 1.10. The highest BCUT2D eigenvalue weighted by Gasteiger charge is 2.29. The van der Waals surface area contributed by atoms with Crippen LogP contribution < -0.4 is 4.74 Å². The number of carbonyl (C=O) groups is 1. The lowest BCUT2D eigenvalue weighted by atomic mass is 10.1. The smallest absolute Gasteiger partial charge is 0.251 e. The normalized spacial score (nSPS) is 21.4. The summed E-state index contributed by atoms with van der Waals surface area (Å²) in [6.45, 7) is 8.99. The molecule has 1 aromatic carbocycles. The highest BCUT2D eigenvalue weighted by Crippen LogP contribution is 2.22. The lowest BCUT2D eigenvalue weighted by molar-refractivity contribution is -0.140. The first-order chi connectivity index (χ1) is 12.7. The Bertz CT molecular complexity index is 626. The van der Waals surface area contributed by atoms with E-state index < -0.39 is 0 Å². The van der Waals surface area contributed by atoms with Crippen LogP contribution in [0.3, 0.4) is 0 Å². The Morgan fingerprint density at radius 1 is 1.31 bits per heavy atom. The first-order valence-corrected chi connectivity index (χ1v) is 9.60. The first-order valence-electron chi connectivity index (χ1n) is 9.60. The highest BCUT2D eigenvalue weighted by molar-refractivity contribution is 5.81. The van der Waals surface area contributed by atoms with Gasteiger partial charge in [0.1, 0.15) is 11.9 Å². The van der Waals surface area contributed by atoms with E-state index in [1.54, 1.807) is 7.11 Å². The molecule has 26 heavy (non-hydrogen) atoms. The Balaban J connectivity index is 1.58. The van der Waals surface area contributed by atoms with Crippen molar-refractivity contribution in [2.45, 2.75) is 38.3 Å². The van der Waals surface area contributed by atoms with E-state index in [-0.39, 0.29) is 12.0 Å². The summed E-state index contributed by atoms with van der Waals surface area (Å²) in [5, 5.41) is 0. The molecule has 0 aromatic heterocycles. The Labute approximate surface area is 156 Å². The molecule has 1 amide bonds. The monoisotopic (exact) mass is 358 g/mol. The number of rotatable bonds is 6. The summed E-state index contributed by atoms with van der Waals surface area (Å²) in [6.07, 6.45) is 5.39. The zero-order chi connectivity index (χ0) is 18.4. The average molecular weight is 358 g/mol. The first kappa shape index (κ1) is 18.9. The second-order valence-electron chi connectivity index (χ2n) is 7.10. The minimum atomic E-state index is -0.204. The Hall–Kier alpha value is -1.85. The molecule has 1 aromatic rings. The predicted octanol–water partition coefficient (Wildman–Crippen LogP) is 2.64. The molecule has 1 unspecified atom stereocenters. The molecule has 142 valence electrons. The van der Waals surface area contributed by atoms with Gasteiger partial charge in [-0.2, -0.15) is 0 Å². The second kappa shape index (κ2) is 9.19. The lowest BCUT2D eigenvalue weighted by Crippen LogP contribution is -2.41. The topological polar surface area (TPSA) is 42.0 Å². The molecular weight excluding hydrogens is 328 g/mol. The molecule has 0 N–H and O–H groups in total. The standard InChI is InChI=1S/C21H30N2O3/c1-3-6-18-15-17(8-9-19(18)25-2)16-22-10-5-11-23(13-12-22)21(24)20-7-4-14-26-20/h3,8-9,15,20H,1,4-7,10-14,16H2,2H3. The van der Waals surface area contributed by atoms with Gasteiger partial charge in [-0.3, -0.25) is 9.69 Å². The summed E-state index contributed by atoms with van der Waals surface area (Å²) < 4.78 is 11.0. The third-order valence-corrected chi connectivity index (χ3v) is 5.22. The minimum absolute atomic E-state index is 0.182. The van der Waals surface area contributed by atoms with Gasteiger partial charge in [0.25, 0.3) is 5.91 Å². The average Bonchev–Trinajstić information content (AvgIpc) is 3.09. The summed E-state index contributed by atoms with van der Waals surface area (Å²) in [4.78, 5) is 17.0. The summed E-state index contributed by atoms with van der Waals surface area (Å²) in [7, 11) is 1.70. The fourth-order valence-electron chi connectivity index (χ4n) is 3.83. The van der Waals surface area contributed by atoms with Crippen molar-refractivity contribution in [1.29, 1.82) is 0 Å². The van der Waals surface area contributed by atoms with Gasteiger partial charge in [0.15, 0.2) is 0 Å². The quantitative estimate of drug-likeness (QED) is 0.733. The molecule has 3 rings (SSSR count). The second-order valence-corrected chi connectivity index (χ2v) is 7.10. The van der Waals surface area contributed by atoms with E-state index in [9.17, 15) is 4.79 Å². The van der Waals surface area contributed by atoms with E-state index in [2.05, 4.69) is 23.6 Å². The number of allylic oxidation sites excluding steroid dienone is 1. The fourth-order valence-corrected chi connectivity index (χ4v) is 3.83. The maximum absolute atomic E-state index is 12.6. The molecule has 5 nitrogen and oxygen atoms in total. The van der Waals surface area contributed by atoms with Crippen LogP contribution in [0.4, 0.5) is 0 Å². The SMILES string of the molecule is C=CCc1cc(CN2CCCN(C(=O)C3CCCO3)CC2)ccc1OC. The molecule has 0 radical (unpaired) electrons. The molecule has 2 heterocycles. The van der Waals surface area contributed by atoms with Gasteiger partial charge in [-0.15, -0.1) is 6.58 Å². The minimum Gasteiger partial charge on any atom is -0.496 e. The zero-order valence-corrected chi connectivity index (χ0v) is 15.8. The number of amides is 1. The van der Waals surface area contributed by atoms with E-state index >= 15 is 0 Å². The van der Waals surface area contributed by atoms with E-state index in [0.29, 0.717) is 0 Å². The van der Waals surface area contributed by atoms with Gasteiger partial charge in [-0.25, -0.2) is 0 Å². The van der Waals surface area contributed by atoms with Gasteiger partial charge in [-0.1, -0.05) is 18.2 Å². The Morgan fingerprint density at radius 3 is 2.92 bits per heavy atom. The number of carbonyl (C=O) groups excluding carboxylic acids is 1. The van der Waals surface area contributed by atoms with Gasteiger partial charge in [0.05, 0.1) is 7.11 Å². The highest BCUT2D eigenvalue weighted by atomic mass is 16.5. The maximum Gasteiger partial charge on any atom is 0.251 e. The van der Waals surface area contributed by atoms with E-state index in [1.807, 2.05) is 17.0 Å². The zero-order valence-electron chi connectivity index (χ0n) is 15.8. The number of ether oxygens (including phenoxy) is 2. The molecular formula is C21H30N2O3. The van der Waals surface area contributed by atoms with Gasteiger partial charge in [0, 0.05) is 39.3 Å². The molecule has 0 saturated carbocycles. The fraction of sp³-hybridized carbons (Fsp3) is 0.571. The van der Waals surface area contributed by atoms with Crippen LogP contribution in [0.25, 0.3) is 0 Å². The van der Waals surface area contributed by atoms with Crippen molar-refractivity contribution in [3.8, 4) is 5.75 Å². The molecule has 0 bridgehead atoms. The van der Waals surface area contributed by atoms with Gasteiger partial charge < -0.3 is 14.4 Å². The van der Waals surface area contributed by atoms with Crippen molar-refractivity contribution in [3.63, 3.8) is 0 Å². The maximum atomic E-state index is 12.6. The van der Waals surface area contributed by atoms with Gasteiger partial charge in [0.2, 0.25) is 0 Å². The Morgan fingerprint density at radius 2 is 2.19 bits per heavy atom. The number of nitrogens with zero attached hydrogens (tertiary/aromatic N) is 2. The van der Waals surface area contributed by atoms with Crippen LogP contribution >= 0.6 is 0 Å². The molecule has 5 heteroatoms. The lowest BCUT2D eigenvalue weighted by Gasteiger charge is -2.24. The van der Waals surface area contributed by atoms with Crippen LogP contribution in [0, 0.1) is 0 Å². The third-order valence-electron chi connectivity index (χ3n) is 5.22. The molecule has 2 fully saturated rings. The van der Waals surface area contributed by atoms with Crippen LogP contribution in [0.15, 0.2) is 30.9 Å². The van der Waals surface area contributed by atoms with Crippen LogP contribution in [-0.2, 0) is 22.5 Å². The molecule has 2 saturated heterocycles. The number of hydrogen-bond acceptors (Lipinski definition) is 4. The predicted molar refractivity (Wildman–Crippen MR) is 102 cm³/mol. The van der Waals surface area contributed by atoms with E-state index in [4.69, 9.17) is 9.47 Å². The molecule has 1 atom stereocenters. The van der Waals surface area contributed by atoms with Gasteiger partial charge >= 0.3 is 0 Å². The van der Waals surface area contributed by atoms with Crippen LogP contribution in [-0.4, -0.2) is 61.7 Å². The van der Waals surface area contributed by atoms with Crippen molar-refractivity contribution >= 4 is 5.91 Å². The number of hydrogen-bond donors (Lipinski definition) is 0.